The van der Waals surface area contributed by atoms with Gasteiger partial charge >= 0.3 is 5.97 Å². The fourth-order valence-corrected chi connectivity index (χ4v) is 1.56. The normalized spacial score (nSPS) is 14.1. The van der Waals surface area contributed by atoms with E-state index in [2.05, 4.69) is 10.3 Å². The molecule has 0 amide bonds. The first kappa shape index (κ1) is 14.4. The minimum Gasteiger partial charge on any atom is -0.478 e. The molecule has 4 N–H and O–H groups in total. The van der Waals surface area contributed by atoms with Crippen molar-refractivity contribution in [3.63, 3.8) is 0 Å². The molecule has 6 nitrogen and oxygen atoms in total. The number of carbonyl (C=O) groups is 1. The number of nitrogens with zero attached hydrogens (tertiary/aromatic N) is 1. The lowest BCUT2D eigenvalue weighted by atomic mass is 10.1. The third kappa shape index (κ3) is 3.41. The summed E-state index contributed by atoms with van der Waals surface area (Å²) in [5.74, 6) is -0.875. The van der Waals surface area contributed by atoms with Gasteiger partial charge in [-0.1, -0.05) is 0 Å². The lowest BCUT2D eigenvalue weighted by Gasteiger charge is -2.22. The first-order valence-electron chi connectivity index (χ1n) is 5.55. The average molecular weight is 254 g/mol. The van der Waals surface area contributed by atoms with Gasteiger partial charge in [0.1, 0.15) is 17.0 Å². The van der Waals surface area contributed by atoms with Crippen LogP contribution in [0.3, 0.4) is 0 Å². The van der Waals surface area contributed by atoms with Crippen molar-refractivity contribution in [3.8, 4) is 0 Å². The van der Waals surface area contributed by atoms with E-state index in [9.17, 15) is 9.90 Å². The Labute approximate surface area is 105 Å². The molecule has 0 spiro atoms. The second-order valence-corrected chi connectivity index (χ2v) is 4.62. The first-order valence-corrected chi connectivity index (χ1v) is 5.55. The summed E-state index contributed by atoms with van der Waals surface area (Å²) in [6.07, 6.45) is 0. The van der Waals surface area contributed by atoms with E-state index in [0.717, 1.165) is 0 Å². The second-order valence-electron chi connectivity index (χ2n) is 4.62. The van der Waals surface area contributed by atoms with Crippen molar-refractivity contribution in [2.24, 2.45) is 0 Å². The van der Waals surface area contributed by atoms with Crippen LogP contribution in [0.2, 0.25) is 0 Å². The maximum absolute atomic E-state index is 11.2. The number of hydrogen-bond acceptors (Lipinski definition) is 5. The number of anilines is 1. The van der Waals surface area contributed by atoms with Gasteiger partial charge in [0, 0.05) is 12.2 Å². The van der Waals surface area contributed by atoms with Gasteiger partial charge in [-0.15, -0.1) is 0 Å². The highest BCUT2D eigenvalue weighted by molar-refractivity contribution is 5.94. The molecular weight excluding hydrogens is 236 g/mol. The zero-order chi connectivity index (χ0) is 13.9. The minimum absolute atomic E-state index is 0.0136. The summed E-state index contributed by atoms with van der Waals surface area (Å²) in [6, 6.07) is 1.68. The quantitative estimate of drug-likeness (QED) is 0.612. The largest absolute Gasteiger partial charge is 0.478 e. The Morgan fingerprint density at radius 1 is 1.50 bits per heavy atom. The number of hydrogen-bond donors (Lipinski definition) is 4. The SMILES string of the molecule is Cc1cc(C)c(C(=O)O)c(NCC(C)(O)CO)n1. The molecule has 0 bridgehead atoms. The molecule has 1 rings (SSSR count). The maximum Gasteiger partial charge on any atom is 0.339 e. The van der Waals surface area contributed by atoms with E-state index < -0.39 is 18.2 Å². The predicted molar refractivity (Wildman–Crippen MR) is 66.9 cm³/mol. The van der Waals surface area contributed by atoms with E-state index >= 15 is 0 Å². The highest BCUT2D eigenvalue weighted by Crippen LogP contribution is 2.19. The molecular formula is C12H18N2O4. The molecule has 18 heavy (non-hydrogen) atoms. The van der Waals surface area contributed by atoms with Crippen LogP contribution in [0.1, 0.15) is 28.5 Å². The number of nitrogens with one attached hydrogen (secondary N) is 1. The number of aliphatic hydroxyl groups excluding tert-OH is 1. The molecule has 0 saturated carbocycles. The van der Waals surface area contributed by atoms with Crippen molar-refractivity contribution >= 4 is 11.8 Å². The number of aliphatic hydroxyl groups is 2. The van der Waals surface area contributed by atoms with Crippen LogP contribution < -0.4 is 5.32 Å². The van der Waals surface area contributed by atoms with Crippen LogP contribution >= 0.6 is 0 Å². The number of carboxylic acid groups (broad SMARTS) is 1. The van der Waals surface area contributed by atoms with E-state index in [4.69, 9.17) is 10.2 Å². The summed E-state index contributed by atoms with van der Waals surface area (Å²) >= 11 is 0. The lowest BCUT2D eigenvalue weighted by molar-refractivity contribution is 0.0131. The summed E-state index contributed by atoms with van der Waals surface area (Å²) in [5, 5.41) is 30.5. The molecule has 0 aromatic carbocycles. The molecule has 1 unspecified atom stereocenters. The summed E-state index contributed by atoms with van der Waals surface area (Å²) in [6.45, 7) is 4.48. The highest BCUT2D eigenvalue weighted by Gasteiger charge is 2.21. The number of aryl methyl sites for hydroxylation is 2. The van der Waals surface area contributed by atoms with Crippen LogP contribution in [0, 0.1) is 13.8 Å². The molecule has 0 fully saturated rings. The van der Waals surface area contributed by atoms with E-state index in [-0.39, 0.29) is 17.9 Å². The van der Waals surface area contributed by atoms with Crippen LogP contribution in [0.4, 0.5) is 5.82 Å². The fourth-order valence-electron chi connectivity index (χ4n) is 1.56. The van der Waals surface area contributed by atoms with Gasteiger partial charge < -0.3 is 20.6 Å². The van der Waals surface area contributed by atoms with Crippen molar-refractivity contribution in [1.29, 1.82) is 0 Å². The van der Waals surface area contributed by atoms with Crippen molar-refractivity contribution in [2.45, 2.75) is 26.4 Å². The Hall–Kier alpha value is -1.66. The predicted octanol–water partition coefficient (Wildman–Crippen LogP) is 0.552. The maximum atomic E-state index is 11.2. The summed E-state index contributed by atoms with van der Waals surface area (Å²) in [5.41, 5.74) is 0.0360. The van der Waals surface area contributed by atoms with Gasteiger partial charge in [0.25, 0.3) is 0 Å². The molecule has 0 aliphatic rings. The van der Waals surface area contributed by atoms with Crippen molar-refractivity contribution in [2.75, 3.05) is 18.5 Å². The van der Waals surface area contributed by atoms with Gasteiger partial charge in [-0.25, -0.2) is 9.78 Å². The van der Waals surface area contributed by atoms with Gasteiger partial charge in [-0.2, -0.15) is 0 Å². The zero-order valence-corrected chi connectivity index (χ0v) is 10.7. The third-order valence-corrected chi connectivity index (χ3v) is 2.54. The van der Waals surface area contributed by atoms with Crippen molar-refractivity contribution in [3.05, 3.63) is 22.9 Å². The molecule has 0 aliphatic carbocycles. The molecule has 0 aliphatic heterocycles. The summed E-state index contributed by atoms with van der Waals surface area (Å²) < 4.78 is 0. The molecule has 1 heterocycles. The molecule has 1 aromatic heterocycles. The standard InChI is InChI=1S/C12H18N2O4/c1-7-4-8(2)14-10(9(7)11(16)17)13-5-12(3,18)6-15/h4,15,18H,5-6H2,1-3H3,(H,13,14)(H,16,17). The average Bonchev–Trinajstić information content (AvgIpc) is 2.25. The molecule has 0 radical (unpaired) electrons. The number of pyridine rings is 1. The van der Waals surface area contributed by atoms with E-state index in [1.54, 1.807) is 19.9 Å². The molecule has 6 heteroatoms. The van der Waals surface area contributed by atoms with Crippen LogP contribution in [0.5, 0.6) is 0 Å². The number of rotatable bonds is 5. The fraction of sp³-hybridized carbons (Fsp3) is 0.500. The minimum atomic E-state index is -1.32. The Morgan fingerprint density at radius 3 is 2.61 bits per heavy atom. The van der Waals surface area contributed by atoms with E-state index in [1.807, 2.05) is 0 Å². The smallest absolute Gasteiger partial charge is 0.339 e. The topological polar surface area (TPSA) is 103 Å². The Morgan fingerprint density at radius 2 is 2.11 bits per heavy atom. The van der Waals surface area contributed by atoms with Gasteiger partial charge in [0.05, 0.1) is 6.61 Å². The van der Waals surface area contributed by atoms with Crippen LogP contribution in [0.25, 0.3) is 0 Å². The van der Waals surface area contributed by atoms with E-state index in [0.29, 0.717) is 11.3 Å². The second kappa shape index (κ2) is 5.32. The number of carboxylic acids is 1. The Balaban J connectivity index is 3.04. The lowest BCUT2D eigenvalue weighted by Crippen LogP contribution is -2.37. The van der Waals surface area contributed by atoms with Crippen molar-refractivity contribution in [1.82, 2.24) is 4.98 Å². The van der Waals surface area contributed by atoms with Crippen molar-refractivity contribution < 1.29 is 20.1 Å². The monoisotopic (exact) mass is 254 g/mol. The molecule has 1 atom stereocenters. The van der Waals surface area contributed by atoms with Crippen LogP contribution in [0.15, 0.2) is 6.07 Å². The van der Waals surface area contributed by atoms with Gasteiger partial charge in [0.2, 0.25) is 0 Å². The van der Waals surface area contributed by atoms with Crippen LogP contribution in [-0.2, 0) is 0 Å². The van der Waals surface area contributed by atoms with Gasteiger partial charge in [0.15, 0.2) is 0 Å². The van der Waals surface area contributed by atoms with E-state index in [1.165, 1.54) is 6.92 Å². The Bertz CT molecular complexity index is 458. The Kier molecular flexibility index (Phi) is 4.26. The number of aromatic nitrogens is 1. The third-order valence-electron chi connectivity index (χ3n) is 2.54. The summed E-state index contributed by atoms with van der Waals surface area (Å²) in [4.78, 5) is 15.3. The molecule has 1 aromatic rings. The number of aromatic carboxylic acids is 1. The highest BCUT2D eigenvalue weighted by atomic mass is 16.4. The zero-order valence-electron chi connectivity index (χ0n) is 10.7. The molecule has 0 saturated heterocycles. The molecule has 100 valence electrons. The summed E-state index contributed by atoms with van der Waals surface area (Å²) in [7, 11) is 0. The van der Waals surface area contributed by atoms with Gasteiger partial charge in [-0.05, 0) is 32.4 Å². The van der Waals surface area contributed by atoms with Crippen LogP contribution in [-0.4, -0.2) is 45.0 Å². The van der Waals surface area contributed by atoms with Gasteiger partial charge in [-0.3, -0.25) is 0 Å². The first-order chi connectivity index (χ1) is 8.26.